The van der Waals surface area contributed by atoms with Gasteiger partial charge in [0.2, 0.25) is 11.8 Å². The van der Waals surface area contributed by atoms with E-state index in [1.165, 1.54) is 116 Å². The first-order chi connectivity index (χ1) is 26.8. The lowest BCUT2D eigenvalue weighted by Crippen LogP contribution is -2.47. The van der Waals surface area contributed by atoms with Gasteiger partial charge in [-0.15, -0.1) is 0 Å². The highest BCUT2D eigenvalue weighted by molar-refractivity contribution is 5.87. The van der Waals surface area contributed by atoms with Crippen LogP contribution in [-0.2, 0) is 23.9 Å². The largest absolute Gasteiger partial charge is 0.480 e. The quantitative estimate of drug-likeness (QED) is 0.0276. The van der Waals surface area contributed by atoms with Crippen molar-refractivity contribution in [2.75, 3.05) is 13.2 Å². The number of esters is 1. The van der Waals surface area contributed by atoms with Crippen molar-refractivity contribution >= 4 is 23.8 Å². The molecule has 9 heteroatoms. The van der Waals surface area contributed by atoms with Gasteiger partial charge in [-0.25, -0.2) is 4.79 Å². The number of carboxylic acids is 1. The molecule has 0 aromatic heterocycles. The zero-order chi connectivity index (χ0) is 40.5. The molecule has 0 saturated heterocycles. The minimum absolute atomic E-state index is 0.133. The average Bonchev–Trinajstić information content (AvgIpc) is 3.17. The number of aliphatic carboxylic acids is 1. The topological polar surface area (TPSA) is 142 Å². The number of ether oxygens (including phenoxy) is 1. The van der Waals surface area contributed by atoms with Crippen LogP contribution in [0.25, 0.3) is 0 Å². The summed E-state index contributed by atoms with van der Waals surface area (Å²) in [5.74, 6) is -2.43. The van der Waals surface area contributed by atoms with E-state index in [0.717, 1.165) is 57.8 Å². The number of hydrogen-bond donors (Lipinski definition) is 4. The molecule has 0 spiro atoms. The number of allylic oxidation sites excluding steroid dienone is 5. The summed E-state index contributed by atoms with van der Waals surface area (Å²) in [7, 11) is 0. The molecule has 0 aliphatic carbocycles. The average molecular weight is 775 g/mol. The van der Waals surface area contributed by atoms with Gasteiger partial charge in [-0.05, 0) is 51.0 Å². The molecule has 2 amide bonds. The zero-order valence-electron chi connectivity index (χ0n) is 35.2. The van der Waals surface area contributed by atoms with E-state index in [1.807, 2.05) is 6.08 Å². The predicted molar refractivity (Wildman–Crippen MR) is 227 cm³/mol. The first-order valence-electron chi connectivity index (χ1n) is 22.4. The smallest absolute Gasteiger partial charge is 0.328 e. The highest BCUT2D eigenvalue weighted by atomic mass is 16.5. The van der Waals surface area contributed by atoms with Gasteiger partial charge in [-0.3, -0.25) is 14.4 Å². The molecule has 55 heavy (non-hydrogen) atoms. The first-order valence-corrected chi connectivity index (χ1v) is 22.4. The fraction of sp³-hybridized carbons (Fsp3) is 0.783. The van der Waals surface area contributed by atoms with Gasteiger partial charge >= 0.3 is 11.9 Å². The van der Waals surface area contributed by atoms with Gasteiger partial charge < -0.3 is 25.6 Å². The maximum absolute atomic E-state index is 12.7. The van der Waals surface area contributed by atoms with Crippen molar-refractivity contribution in [2.24, 2.45) is 0 Å². The van der Waals surface area contributed by atoms with Crippen molar-refractivity contribution in [1.82, 2.24) is 10.6 Å². The molecule has 0 aromatic carbocycles. The Morgan fingerprint density at radius 2 is 1.02 bits per heavy atom. The SMILES string of the molecule is CC/C=C\C/C=C\C/C=C\C(CCCCCCC(=O)NCC(=O)NC(CO)C(=O)O)OC(=O)CCCCCCCCCCCCCCCCCCCCCC. The standard InChI is InChI=1S/C46H82N2O7/c1-3-5-7-9-11-13-14-15-16-17-18-19-20-21-22-23-24-26-28-34-38-45(52)55-41(35-31-27-25-12-10-8-6-4-2)36-32-29-30-33-37-43(50)47-39-44(51)48-42(40-49)46(53)54/h6,8,12,25,31,35,41-42,49H,3-5,7,9-11,13-24,26-30,32-34,36-40H2,1-2H3,(H,47,50)(H,48,51)(H,53,54)/b8-6-,25-12-,35-31-. The minimum Gasteiger partial charge on any atom is -0.480 e. The summed E-state index contributed by atoms with van der Waals surface area (Å²) in [6, 6.07) is -1.39. The van der Waals surface area contributed by atoms with E-state index in [0.29, 0.717) is 12.8 Å². The molecule has 0 bridgehead atoms. The van der Waals surface area contributed by atoms with Crippen molar-refractivity contribution in [3.05, 3.63) is 36.5 Å². The lowest BCUT2D eigenvalue weighted by molar-refractivity contribution is -0.147. The molecule has 0 aliphatic heterocycles. The van der Waals surface area contributed by atoms with Crippen molar-refractivity contribution < 1.29 is 34.1 Å². The number of unbranched alkanes of at least 4 members (excludes halogenated alkanes) is 22. The van der Waals surface area contributed by atoms with Crippen LogP contribution >= 0.6 is 0 Å². The van der Waals surface area contributed by atoms with Crippen LogP contribution in [0.5, 0.6) is 0 Å². The summed E-state index contributed by atoms with van der Waals surface area (Å²) >= 11 is 0. The number of aliphatic hydroxyl groups is 1. The Bertz CT molecular complexity index is 1030. The van der Waals surface area contributed by atoms with Gasteiger partial charge in [0, 0.05) is 12.8 Å². The van der Waals surface area contributed by atoms with E-state index in [-0.39, 0.29) is 30.9 Å². The summed E-state index contributed by atoms with van der Waals surface area (Å²) in [5.41, 5.74) is 0. The van der Waals surface area contributed by atoms with Crippen LogP contribution in [0.15, 0.2) is 36.5 Å². The van der Waals surface area contributed by atoms with Gasteiger partial charge in [-0.1, -0.05) is 179 Å². The van der Waals surface area contributed by atoms with Crippen molar-refractivity contribution in [3.63, 3.8) is 0 Å². The van der Waals surface area contributed by atoms with Crippen LogP contribution in [0.2, 0.25) is 0 Å². The van der Waals surface area contributed by atoms with Gasteiger partial charge in [0.05, 0.1) is 13.2 Å². The van der Waals surface area contributed by atoms with Gasteiger partial charge in [0.1, 0.15) is 12.1 Å². The Hall–Kier alpha value is -2.94. The number of nitrogens with one attached hydrogen (secondary N) is 2. The molecule has 9 nitrogen and oxygen atoms in total. The van der Waals surface area contributed by atoms with Crippen LogP contribution in [0.1, 0.15) is 206 Å². The Kier molecular flexibility index (Phi) is 38.5. The fourth-order valence-electron chi connectivity index (χ4n) is 6.47. The number of carbonyl (C=O) groups is 4. The van der Waals surface area contributed by atoms with Crippen LogP contribution in [0.4, 0.5) is 0 Å². The summed E-state index contributed by atoms with van der Waals surface area (Å²) < 4.78 is 5.88. The second kappa shape index (κ2) is 40.7. The minimum atomic E-state index is -1.39. The molecule has 4 N–H and O–H groups in total. The molecular formula is C46H82N2O7. The maximum Gasteiger partial charge on any atom is 0.328 e. The molecule has 0 aliphatic rings. The Balaban J connectivity index is 4.16. The highest BCUT2D eigenvalue weighted by Crippen LogP contribution is 2.16. The Labute approximate surface area is 336 Å². The number of carboxylic acid groups (broad SMARTS) is 1. The number of hydrogen-bond acceptors (Lipinski definition) is 6. The predicted octanol–water partition coefficient (Wildman–Crippen LogP) is 11.0. The Morgan fingerprint density at radius 3 is 1.51 bits per heavy atom. The second-order valence-corrected chi connectivity index (χ2v) is 15.1. The van der Waals surface area contributed by atoms with E-state index in [9.17, 15) is 19.2 Å². The monoisotopic (exact) mass is 775 g/mol. The van der Waals surface area contributed by atoms with E-state index < -0.39 is 24.5 Å². The van der Waals surface area contributed by atoms with Crippen LogP contribution < -0.4 is 10.6 Å². The van der Waals surface area contributed by atoms with Gasteiger partial charge in [0.15, 0.2) is 0 Å². The third-order valence-electron chi connectivity index (χ3n) is 9.89. The molecule has 0 heterocycles. The first kappa shape index (κ1) is 52.1. The number of carbonyl (C=O) groups excluding carboxylic acids is 3. The van der Waals surface area contributed by atoms with E-state index >= 15 is 0 Å². The summed E-state index contributed by atoms with van der Waals surface area (Å²) in [6.45, 7) is 3.34. The zero-order valence-corrected chi connectivity index (χ0v) is 35.2. The van der Waals surface area contributed by atoms with Gasteiger partial charge in [0.25, 0.3) is 0 Å². The molecule has 2 atom stereocenters. The molecule has 0 fully saturated rings. The lowest BCUT2D eigenvalue weighted by atomic mass is 10.0. The third kappa shape index (κ3) is 37.7. The normalized spacial score (nSPS) is 12.8. The second-order valence-electron chi connectivity index (χ2n) is 15.1. The highest BCUT2D eigenvalue weighted by Gasteiger charge is 2.18. The summed E-state index contributed by atoms with van der Waals surface area (Å²) in [4.78, 5) is 47.5. The molecule has 0 saturated carbocycles. The molecule has 0 radical (unpaired) electrons. The maximum atomic E-state index is 12.7. The summed E-state index contributed by atoms with van der Waals surface area (Å²) in [6.07, 6.45) is 46.4. The fourth-order valence-corrected chi connectivity index (χ4v) is 6.47. The Morgan fingerprint density at radius 1 is 0.564 bits per heavy atom. The molecule has 0 rings (SSSR count). The number of aliphatic hydroxyl groups excluding tert-OH is 1. The van der Waals surface area contributed by atoms with E-state index in [1.54, 1.807) is 0 Å². The third-order valence-corrected chi connectivity index (χ3v) is 9.89. The van der Waals surface area contributed by atoms with Crippen LogP contribution in [0.3, 0.4) is 0 Å². The lowest BCUT2D eigenvalue weighted by Gasteiger charge is -2.15. The van der Waals surface area contributed by atoms with E-state index in [4.69, 9.17) is 14.9 Å². The molecular weight excluding hydrogens is 693 g/mol. The van der Waals surface area contributed by atoms with Crippen molar-refractivity contribution in [2.45, 2.75) is 219 Å². The van der Waals surface area contributed by atoms with Crippen LogP contribution in [0, 0.1) is 0 Å². The molecule has 318 valence electrons. The van der Waals surface area contributed by atoms with Crippen molar-refractivity contribution in [1.29, 1.82) is 0 Å². The number of rotatable bonds is 40. The summed E-state index contributed by atoms with van der Waals surface area (Å²) in [5, 5.41) is 22.5. The molecule has 0 aromatic rings. The molecule has 2 unspecified atom stereocenters. The number of amides is 2. The van der Waals surface area contributed by atoms with Crippen molar-refractivity contribution in [3.8, 4) is 0 Å². The van der Waals surface area contributed by atoms with E-state index in [2.05, 4.69) is 54.9 Å². The van der Waals surface area contributed by atoms with Gasteiger partial charge in [-0.2, -0.15) is 0 Å². The van der Waals surface area contributed by atoms with Crippen LogP contribution in [-0.4, -0.2) is 59.3 Å².